The molecule has 0 atom stereocenters. The number of aromatic nitrogens is 3. The van der Waals surface area contributed by atoms with E-state index >= 15 is 0 Å². The van der Waals surface area contributed by atoms with Crippen LogP contribution in [0.1, 0.15) is 46.5 Å². The van der Waals surface area contributed by atoms with Crippen LogP contribution in [0.15, 0.2) is 30.6 Å². The number of likely N-dealkylation sites (tertiary alicyclic amines) is 1. The Bertz CT molecular complexity index is 1360. The van der Waals surface area contributed by atoms with Gasteiger partial charge in [-0.3, -0.25) is 4.79 Å². The topological polar surface area (TPSA) is 77.5 Å². The number of anilines is 3. The number of rotatable bonds is 4. The number of carbonyl (C=O) groups is 1. The number of thiophene rings is 1. The van der Waals surface area contributed by atoms with Gasteiger partial charge in [-0.1, -0.05) is 0 Å². The van der Waals surface area contributed by atoms with Crippen LogP contribution in [-0.2, 0) is 5.41 Å². The quantitative estimate of drug-likeness (QED) is 0.555. The van der Waals surface area contributed by atoms with E-state index in [-0.39, 0.29) is 11.3 Å². The van der Waals surface area contributed by atoms with Crippen molar-refractivity contribution in [1.82, 2.24) is 24.8 Å². The van der Waals surface area contributed by atoms with Crippen LogP contribution >= 0.6 is 11.3 Å². The molecule has 3 fully saturated rings. The number of hydrogen-bond donors (Lipinski definition) is 1. The minimum Gasteiger partial charge on any atom is -0.370 e. The molecule has 192 valence electrons. The number of piperidine rings is 1. The number of likely N-dealkylation sites (N-methyl/N-ethyl adjacent to an activating group) is 1. The van der Waals surface area contributed by atoms with Crippen molar-refractivity contribution in [3.05, 3.63) is 46.6 Å². The number of amides is 1. The summed E-state index contributed by atoms with van der Waals surface area (Å²) in [7, 11) is 4.12. The number of hydrogen-bond acceptors (Lipinski definition) is 8. The first-order chi connectivity index (χ1) is 17.8. The van der Waals surface area contributed by atoms with Gasteiger partial charge in [-0.15, -0.1) is 11.3 Å². The molecule has 4 aliphatic rings. The molecule has 1 N–H and O–H groups in total. The highest BCUT2D eigenvalue weighted by Crippen LogP contribution is 2.55. The molecule has 3 aliphatic heterocycles. The predicted octanol–water partition coefficient (Wildman–Crippen LogP) is 4.30. The Labute approximate surface area is 221 Å². The lowest BCUT2D eigenvalue weighted by atomic mass is 9.72. The zero-order valence-electron chi connectivity index (χ0n) is 21.8. The second kappa shape index (κ2) is 8.23. The normalized spacial score (nSPS) is 21.8. The highest BCUT2D eigenvalue weighted by atomic mass is 32.1. The Balaban J connectivity index is 1.08. The zero-order valence-corrected chi connectivity index (χ0v) is 22.6. The Morgan fingerprint density at radius 1 is 1.00 bits per heavy atom. The van der Waals surface area contributed by atoms with Gasteiger partial charge in [0.25, 0.3) is 5.91 Å². The van der Waals surface area contributed by atoms with Crippen LogP contribution < -0.4 is 10.2 Å². The van der Waals surface area contributed by atoms with Crippen LogP contribution in [-0.4, -0.2) is 77.5 Å². The average Bonchev–Trinajstić information content (AvgIpc) is 3.50. The fraction of sp³-hybridized carbons (Fsp3) is 0.500. The monoisotopic (exact) mass is 515 g/mol. The van der Waals surface area contributed by atoms with Crippen molar-refractivity contribution in [3.63, 3.8) is 0 Å². The molecule has 1 saturated carbocycles. The van der Waals surface area contributed by atoms with E-state index in [1.807, 2.05) is 43.4 Å². The molecule has 0 radical (unpaired) electrons. The Morgan fingerprint density at radius 2 is 1.78 bits per heavy atom. The summed E-state index contributed by atoms with van der Waals surface area (Å²) >= 11 is 1.73. The maximum absolute atomic E-state index is 12.8. The molecule has 8 nitrogen and oxygen atoms in total. The van der Waals surface area contributed by atoms with Crippen molar-refractivity contribution in [2.75, 3.05) is 57.0 Å². The first-order valence-electron chi connectivity index (χ1n) is 13.2. The van der Waals surface area contributed by atoms with Gasteiger partial charge in [-0.2, -0.15) is 0 Å². The fourth-order valence-corrected chi connectivity index (χ4v) is 8.01. The molecule has 7 rings (SSSR count). The molecule has 6 heterocycles. The van der Waals surface area contributed by atoms with Gasteiger partial charge in [0.1, 0.15) is 5.82 Å². The predicted molar refractivity (Wildman–Crippen MR) is 147 cm³/mol. The summed E-state index contributed by atoms with van der Waals surface area (Å²) < 4.78 is 0. The SMILES string of the molecule is Cc1cnc(Nc2ccc(N3CCC4(CC3)CN(C)C4)cn2)nc1-c1cc2c(s1)C1(CC1)CN(C)C2=O. The van der Waals surface area contributed by atoms with Crippen molar-refractivity contribution in [3.8, 4) is 10.6 Å². The van der Waals surface area contributed by atoms with E-state index in [2.05, 4.69) is 38.2 Å². The Hall–Kier alpha value is -3.04. The largest absolute Gasteiger partial charge is 0.370 e. The third-order valence-electron chi connectivity index (χ3n) is 8.78. The summed E-state index contributed by atoms with van der Waals surface area (Å²) in [5.41, 5.74) is 4.61. The van der Waals surface area contributed by atoms with E-state index in [1.54, 1.807) is 11.3 Å². The molecule has 0 bridgehead atoms. The summed E-state index contributed by atoms with van der Waals surface area (Å²) in [6, 6.07) is 6.18. The van der Waals surface area contributed by atoms with Crippen LogP contribution in [0.25, 0.3) is 10.6 Å². The van der Waals surface area contributed by atoms with Gasteiger partial charge in [-0.05, 0) is 68.8 Å². The van der Waals surface area contributed by atoms with Crippen molar-refractivity contribution >= 4 is 34.7 Å². The molecular formula is C28H33N7OS. The van der Waals surface area contributed by atoms with E-state index in [0.29, 0.717) is 11.4 Å². The van der Waals surface area contributed by atoms with Gasteiger partial charge < -0.3 is 20.0 Å². The summed E-state index contributed by atoms with van der Waals surface area (Å²) in [6.45, 7) is 7.52. The van der Waals surface area contributed by atoms with Gasteiger partial charge in [0.2, 0.25) is 5.95 Å². The Morgan fingerprint density at radius 3 is 2.46 bits per heavy atom. The smallest absolute Gasteiger partial charge is 0.254 e. The molecule has 2 spiro atoms. The molecule has 2 saturated heterocycles. The molecule has 9 heteroatoms. The van der Waals surface area contributed by atoms with Crippen molar-refractivity contribution in [1.29, 1.82) is 0 Å². The molecule has 3 aromatic heterocycles. The number of fused-ring (bicyclic) bond motifs is 2. The molecule has 1 aliphatic carbocycles. The fourth-order valence-electron chi connectivity index (χ4n) is 6.57. The third kappa shape index (κ3) is 3.90. The number of aryl methyl sites for hydroxylation is 1. The van der Waals surface area contributed by atoms with Gasteiger partial charge in [0.05, 0.1) is 28.0 Å². The summed E-state index contributed by atoms with van der Waals surface area (Å²) in [4.78, 5) is 35.9. The molecule has 0 unspecified atom stereocenters. The van der Waals surface area contributed by atoms with Gasteiger partial charge in [-0.25, -0.2) is 15.0 Å². The van der Waals surface area contributed by atoms with Gasteiger partial charge >= 0.3 is 0 Å². The lowest BCUT2D eigenvalue weighted by Crippen LogP contribution is -2.58. The summed E-state index contributed by atoms with van der Waals surface area (Å²) in [5, 5.41) is 3.29. The average molecular weight is 516 g/mol. The highest BCUT2D eigenvalue weighted by molar-refractivity contribution is 7.16. The molecular weight excluding hydrogens is 482 g/mol. The van der Waals surface area contributed by atoms with E-state index in [4.69, 9.17) is 4.98 Å². The maximum Gasteiger partial charge on any atom is 0.254 e. The Kier molecular flexibility index (Phi) is 5.14. The number of pyridine rings is 1. The standard InChI is InChI=1S/C28H33N7OS/c1-18-13-30-26(32-23(18)21-12-20-24(37-21)28(6-7-28)17-34(3)25(20)36)31-22-5-4-19(14-29-22)35-10-8-27(9-11-35)15-33(2)16-27/h4-5,12-14H,6-11,15-17H2,1-3H3,(H,29,30,31,32). The van der Waals surface area contributed by atoms with Gasteiger partial charge in [0.15, 0.2) is 0 Å². The molecule has 1 amide bonds. The van der Waals surface area contributed by atoms with Crippen LogP contribution in [0.5, 0.6) is 0 Å². The zero-order chi connectivity index (χ0) is 25.4. The maximum atomic E-state index is 12.8. The first-order valence-corrected chi connectivity index (χ1v) is 14.1. The van der Waals surface area contributed by atoms with Crippen LogP contribution in [0.4, 0.5) is 17.5 Å². The van der Waals surface area contributed by atoms with Crippen LogP contribution in [0, 0.1) is 12.3 Å². The summed E-state index contributed by atoms with van der Waals surface area (Å²) in [5.74, 6) is 1.37. The van der Waals surface area contributed by atoms with Crippen molar-refractivity contribution in [2.45, 2.75) is 38.0 Å². The van der Waals surface area contributed by atoms with E-state index in [9.17, 15) is 4.79 Å². The lowest BCUT2D eigenvalue weighted by molar-refractivity contribution is 0.00131. The number of nitrogens with one attached hydrogen (secondary N) is 1. The number of carbonyl (C=O) groups excluding carboxylic acids is 1. The number of nitrogens with zero attached hydrogens (tertiary/aromatic N) is 6. The van der Waals surface area contributed by atoms with Gasteiger partial charge in [0, 0.05) is 56.3 Å². The van der Waals surface area contributed by atoms with Crippen LogP contribution in [0.2, 0.25) is 0 Å². The first kappa shape index (κ1) is 23.1. The third-order valence-corrected chi connectivity index (χ3v) is 10.2. The minimum absolute atomic E-state index is 0.119. The molecule has 3 aromatic rings. The molecule has 0 aromatic carbocycles. The minimum atomic E-state index is 0.119. The van der Waals surface area contributed by atoms with Crippen molar-refractivity contribution < 1.29 is 4.79 Å². The van der Waals surface area contributed by atoms with Crippen molar-refractivity contribution in [2.24, 2.45) is 5.41 Å². The van der Waals surface area contributed by atoms with E-state index in [0.717, 1.165) is 60.0 Å². The highest BCUT2D eigenvalue weighted by Gasteiger charge is 2.52. The summed E-state index contributed by atoms with van der Waals surface area (Å²) in [6.07, 6.45) is 8.63. The van der Waals surface area contributed by atoms with E-state index in [1.165, 1.54) is 36.5 Å². The lowest BCUT2D eigenvalue weighted by Gasteiger charge is -2.53. The van der Waals surface area contributed by atoms with Crippen LogP contribution in [0.3, 0.4) is 0 Å². The second-order valence-electron chi connectivity index (χ2n) is 11.7. The second-order valence-corrected chi connectivity index (χ2v) is 12.8. The van der Waals surface area contributed by atoms with E-state index < -0.39 is 0 Å². The molecule has 37 heavy (non-hydrogen) atoms.